The Kier molecular flexibility index (Phi) is 9.16. The van der Waals surface area contributed by atoms with Crippen LogP contribution in [0.5, 0.6) is 0 Å². The van der Waals surface area contributed by atoms with Gasteiger partial charge in [0.15, 0.2) is 11.6 Å². The standard InChI is InChI=1S/2C21H18N4/c1-25(2)20-14-19(16-10-12-22-13-11-16)21(24-23-20)18-9-5-7-15-6-3-4-8-17(15)18;1-25(2)20-14-19(16-9-11-22-12-10-16)21(24-23-20)18-8-7-15-5-3-4-6-17(15)13-18/h2*3-14H,1-2H3. The molecular formula is C42H36N8. The number of hydrogen-bond donors (Lipinski definition) is 0. The fraction of sp³-hybridized carbons (Fsp3) is 0.0952. The smallest absolute Gasteiger partial charge is 0.151 e. The van der Waals surface area contributed by atoms with E-state index in [1.54, 1.807) is 24.8 Å². The molecule has 0 atom stereocenters. The van der Waals surface area contributed by atoms with Gasteiger partial charge in [0.2, 0.25) is 0 Å². The minimum Gasteiger partial charge on any atom is -0.361 e. The van der Waals surface area contributed by atoms with Gasteiger partial charge in [-0.1, -0.05) is 78.9 Å². The van der Waals surface area contributed by atoms with Crippen LogP contribution in [0.25, 0.3) is 66.3 Å². The zero-order valence-electron chi connectivity index (χ0n) is 28.4. The van der Waals surface area contributed by atoms with Gasteiger partial charge in [0.05, 0.1) is 0 Å². The van der Waals surface area contributed by atoms with E-state index in [0.717, 1.165) is 56.4 Å². The molecule has 4 aromatic heterocycles. The van der Waals surface area contributed by atoms with E-state index in [1.165, 1.54) is 21.5 Å². The fourth-order valence-corrected chi connectivity index (χ4v) is 5.88. The van der Waals surface area contributed by atoms with Crippen molar-refractivity contribution in [2.24, 2.45) is 0 Å². The van der Waals surface area contributed by atoms with Crippen LogP contribution in [0, 0.1) is 0 Å². The van der Waals surface area contributed by atoms with Crippen molar-refractivity contribution < 1.29 is 0 Å². The van der Waals surface area contributed by atoms with Gasteiger partial charge < -0.3 is 9.80 Å². The molecule has 4 aromatic carbocycles. The highest BCUT2D eigenvalue weighted by Gasteiger charge is 2.15. The number of pyridine rings is 2. The Morgan fingerprint density at radius 1 is 0.380 bits per heavy atom. The van der Waals surface area contributed by atoms with E-state index in [9.17, 15) is 0 Å². The van der Waals surface area contributed by atoms with Crippen molar-refractivity contribution in [3.8, 4) is 44.8 Å². The van der Waals surface area contributed by atoms with Gasteiger partial charge in [-0.05, 0) is 75.1 Å². The Morgan fingerprint density at radius 3 is 1.52 bits per heavy atom. The maximum Gasteiger partial charge on any atom is 0.151 e. The van der Waals surface area contributed by atoms with Crippen molar-refractivity contribution in [3.63, 3.8) is 0 Å². The van der Waals surface area contributed by atoms with Crippen molar-refractivity contribution in [2.75, 3.05) is 38.0 Å². The average Bonchev–Trinajstić information content (AvgIpc) is 3.18. The van der Waals surface area contributed by atoms with Gasteiger partial charge in [0, 0.05) is 75.2 Å². The average molecular weight is 653 g/mol. The number of hydrogen-bond acceptors (Lipinski definition) is 8. The summed E-state index contributed by atoms with van der Waals surface area (Å²) >= 11 is 0. The van der Waals surface area contributed by atoms with E-state index < -0.39 is 0 Å². The van der Waals surface area contributed by atoms with Crippen LogP contribution in [0.3, 0.4) is 0 Å². The van der Waals surface area contributed by atoms with Crippen LogP contribution < -0.4 is 9.80 Å². The van der Waals surface area contributed by atoms with Gasteiger partial charge >= 0.3 is 0 Å². The molecule has 0 spiro atoms. The summed E-state index contributed by atoms with van der Waals surface area (Å²) in [6.07, 6.45) is 7.21. The predicted molar refractivity (Wildman–Crippen MR) is 205 cm³/mol. The summed E-state index contributed by atoms with van der Waals surface area (Å²) in [5.41, 5.74) is 8.17. The Balaban J connectivity index is 0.000000157. The molecule has 50 heavy (non-hydrogen) atoms. The molecule has 0 bridgehead atoms. The monoisotopic (exact) mass is 652 g/mol. The highest BCUT2D eigenvalue weighted by Crippen LogP contribution is 2.36. The molecule has 0 unspecified atom stereocenters. The Morgan fingerprint density at radius 2 is 0.900 bits per heavy atom. The van der Waals surface area contributed by atoms with Crippen molar-refractivity contribution in [2.45, 2.75) is 0 Å². The van der Waals surface area contributed by atoms with Crippen LogP contribution in [-0.2, 0) is 0 Å². The maximum atomic E-state index is 4.58. The first-order chi connectivity index (χ1) is 24.5. The lowest BCUT2D eigenvalue weighted by Gasteiger charge is -2.15. The van der Waals surface area contributed by atoms with Gasteiger partial charge in [-0.3, -0.25) is 9.97 Å². The summed E-state index contributed by atoms with van der Waals surface area (Å²) < 4.78 is 0. The molecule has 8 rings (SSSR count). The van der Waals surface area contributed by atoms with E-state index in [4.69, 9.17) is 0 Å². The van der Waals surface area contributed by atoms with Crippen molar-refractivity contribution >= 4 is 33.2 Å². The third kappa shape index (κ3) is 6.73. The molecule has 0 saturated heterocycles. The minimum atomic E-state index is 0.829. The first-order valence-electron chi connectivity index (χ1n) is 16.3. The van der Waals surface area contributed by atoms with E-state index in [1.807, 2.05) is 62.3 Å². The molecule has 0 saturated carbocycles. The molecule has 244 valence electrons. The van der Waals surface area contributed by atoms with E-state index in [2.05, 4.69) is 127 Å². The SMILES string of the molecule is CN(C)c1cc(-c2ccncc2)c(-c2ccc3ccccc3c2)nn1.CN(C)c1cc(-c2ccncc2)c(-c2cccc3ccccc23)nn1. The Hall–Kier alpha value is -6.54. The van der Waals surface area contributed by atoms with Crippen molar-refractivity contribution in [1.82, 2.24) is 30.4 Å². The van der Waals surface area contributed by atoms with Crippen LogP contribution in [0.4, 0.5) is 11.6 Å². The Labute approximate surface area is 291 Å². The normalized spacial score (nSPS) is 10.8. The lowest BCUT2D eigenvalue weighted by molar-refractivity contribution is 0.970. The number of fused-ring (bicyclic) bond motifs is 2. The molecule has 0 amide bonds. The number of aromatic nitrogens is 6. The zero-order chi connectivity index (χ0) is 34.5. The summed E-state index contributed by atoms with van der Waals surface area (Å²) in [6, 6.07) is 41.5. The molecule has 8 nitrogen and oxygen atoms in total. The topological polar surface area (TPSA) is 83.8 Å². The lowest BCUT2D eigenvalue weighted by Crippen LogP contribution is -2.12. The third-order valence-corrected chi connectivity index (χ3v) is 8.53. The summed E-state index contributed by atoms with van der Waals surface area (Å²) in [6.45, 7) is 0. The molecule has 0 N–H and O–H groups in total. The summed E-state index contributed by atoms with van der Waals surface area (Å²) in [7, 11) is 7.88. The number of rotatable bonds is 6. The molecule has 0 radical (unpaired) electrons. The molecule has 0 aliphatic carbocycles. The number of nitrogens with zero attached hydrogens (tertiary/aromatic N) is 8. The van der Waals surface area contributed by atoms with E-state index in [-0.39, 0.29) is 0 Å². The quantitative estimate of drug-likeness (QED) is 0.176. The number of benzene rings is 4. The molecule has 4 heterocycles. The van der Waals surface area contributed by atoms with Gasteiger partial charge in [-0.15, -0.1) is 20.4 Å². The molecule has 8 heteroatoms. The minimum absolute atomic E-state index is 0.829. The largest absolute Gasteiger partial charge is 0.361 e. The van der Waals surface area contributed by atoms with Crippen LogP contribution in [0.2, 0.25) is 0 Å². The summed E-state index contributed by atoms with van der Waals surface area (Å²) in [5, 5.41) is 22.7. The second-order valence-corrected chi connectivity index (χ2v) is 12.3. The van der Waals surface area contributed by atoms with Gasteiger partial charge in [-0.25, -0.2) is 0 Å². The predicted octanol–water partition coefficient (Wildman–Crippen LogP) is 8.85. The van der Waals surface area contributed by atoms with E-state index >= 15 is 0 Å². The molecule has 0 aliphatic heterocycles. The van der Waals surface area contributed by atoms with Gasteiger partial charge in [0.25, 0.3) is 0 Å². The second kappa shape index (κ2) is 14.3. The molecule has 0 fully saturated rings. The zero-order valence-corrected chi connectivity index (χ0v) is 28.4. The highest BCUT2D eigenvalue weighted by molar-refractivity contribution is 5.99. The van der Waals surface area contributed by atoms with Crippen LogP contribution in [0.1, 0.15) is 0 Å². The van der Waals surface area contributed by atoms with Crippen molar-refractivity contribution in [3.05, 3.63) is 146 Å². The second-order valence-electron chi connectivity index (χ2n) is 12.3. The van der Waals surface area contributed by atoms with Crippen LogP contribution >= 0.6 is 0 Å². The third-order valence-electron chi connectivity index (χ3n) is 8.53. The lowest BCUT2D eigenvalue weighted by atomic mass is 9.96. The molecule has 0 aliphatic rings. The molecule has 8 aromatic rings. The number of anilines is 2. The summed E-state index contributed by atoms with van der Waals surface area (Å²) in [4.78, 5) is 12.2. The first-order valence-corrected chi connectivity index (χ1v) is 16.3. The van der Waals surface area contributed by atoms with Crippen molar-refractivity contribution in [1.29, 1.82) is 0 Å². The van der Waals surface area contributed by atoms with Gasteiger partial charge in [-0.2, -0.15) is 0 Å². The van der Waals surface area contributed by atoms with Crippen LogP contribution in [0.15, 0.2) is 146 Å². The first kappa shape index (κ1) is 32.0. The molecular weight excluding hydrogens is 617 g/mol. The van der Waals surface area contributed by atoms with Crippen LogP contribution in [-0.4, -0.2) is 58.6 Å². The fourth-order valence-electron chi connectivity index (χ4n) is 5.88. The summed E-state index contributed by atoms with van der Waals surface area (Å²) in [5.74, 6) is 1.66. The van der Waals surface area contributed by atoms with E-state index in [0.29, 0.717) is 0 Å². The van der Waals surface area contributed by atoms with Gasteiger partial charge in [0.1, 0.15) is 11.4 Å². The maximum absolute atomic E-state index is 4.58. The Bertz CT molecular complexity index is 2380. The highest BCUT2D eigenvalue weighted by atomic mass is 15.2.